The van der Waals surface area contributed by atoms with E-state index in [4.69, 9.17) is 28.7 Å². The van der Waals surface area contributed by atoms with Crippen LogP contribution in [0, 0.1) is 0 Å². The Bertz CT molecular complexity index is 832. The van der Waals surface area contributed by atoms with Gasteiger partial charge in [-0.2, -0.15) is 0 Å². The minimum absolute atomic E-state index is 0.167. The van der Waals surface area contributed by atoms with E-state index in [0.29, 0.717) is 23.7 Å². The molecule has 0 unspecified atom stereocenters. The molecule has 0 aliphatic carbocycles. The van der Waals surface area contributed by atoms with Gasteiger partial charge in [-0.15, -0.1) is 0 Å². The third-order valence-electron chi connectivity index (χ3n) is 4.54. The monoisotopic (exact) mass is 371 g/mol. The molecule has 27 heavy (non-hydrogen) atoms. The second kappa shape index (κ2) is 8.77. The predicted octanol–water partition coefficient (Wildman–Crippen LogP) is 3.28. The van der Waals surface area contributed by atoms with Gasteiger partial charge in [-0.05, 0) is 41.8 Å². The maximum Gasteiger partial charge on any atom is 0.188 e. The summed E-state index contributed by atoms with van der Waals surface area (Å²) in [5.74, 6) is 2.79. The van der Waals surface area contributed by atoms with E-state index < -0.39 is 0 Å². The lowest BCUT2D eigenvalue weighted by Gasteiger charge is -2.20. The molecule has 0 aromatic heterocycles. The van der Waals surface area contributed by atoms with Crippen LogP contribution in [0.15, 0.2) is 35.3 Å². The number of ether oxygens (including phenoxy) is 5. The quantitative estimate of drug-likeness (QED) is 0.667. The van der Waals surface area contributed by atoms with Crippen LogP contribution < -0.4 is 18.9 Å². The first-order valence-electron chi connectivity index (χ1n) is 8.77. The van der Waals surface area contributed by atoms with Crippen LogP contribution in [0.2, 0.25) is 0 Å². The number of fused-ring (bicyclic) bond motifs is 1. The van der Waals surface area contributed by atoms with Gasteiger partial charge >= 0.3 is 0 Å². The molecule has 0 radical (unpaired) electrons. The highest BCUT2D eigenvalue weighted by Crippen LogP contribution is 2.34. The zero-order valence-corrected chi connectivity index (χ0v) is 16.2. The van der Waals surface area contributed by atoms with Gasteiger partial charge in [0.2, 0.25) is 0 Å². The lowest BCUT2D eigenvalue weighted by molar-refractivity contribution is 0.0491. The molecule has 0 spiro atoms. The van der Waals surface area contributed by atoms with E-state index in [1.54, 1.807) is 28.4 Å². The SMILES string of the molecule is COCOc1cc(CC2=NCCc3cc(OC)c(OC)cc32)ccc1OC. The fourth-order valence-corrected chi connectivity index (χ4v) is 3.20. The highest BCUT2D eigenvalue weighted by Gasteiger charge is 2.19. The Balaban J connectivity index is 1.90. The molecular formula is C21H25NO5. The van der Waals surface area contributed by atoms with Crippen LogP contribution in [-0.2, 0) is 17.6 Å². The van der Waals surface area contributed by atoms with Crippen molar-refractivity contribution in [2.75, 3.05) is 41.8 Å². The van der Waals surface area contributed by atoms with E-state index >= 15 is 0 Å². The topological polar surface area (TPSA) is 58.5 Å². The number of nitrogens with zero attached hydrogens (tertiary/aromatic N) is 1. The summed E-state index contributed by atoms with van der Waals surface area (Å²) in [4.78, 5) is 4.75. The molecule has 1 heterocycles. The van der Waals surface area contributed by atoms with Crippen molar-refractivity contribution in [2.45, 2.75) is 12.8 Å². The lowest BCUT2D eigenvalue weighted by Crippen LogP contribution is -2.16. The third-order valence-corrected chi connectivity index (χ3v) is 4.54. The van der Waals surface area contributed by atoms with Gasteiger partial charge in [-0.3, -0.25) is 4.99 Å². The molecule has 0 saturated heterocycles. The Labute approximate surface area is 159 Å². The molecule has 2 aromatic rings. The Morgan fingerprint density at radius 2 is 1.59 bits per heavy atom. The Morgan fingerprint density at radius 1 is 0.852 bits per heavy atom. The smallest absolute Gasteiger partial charge is 0.188 e. The molecular weight excluding hydrogens is 346 g/mol. The Kier molecular flexibility index (Phi) is 6.19. The lowest BCUT2D eigenvalue weighted by atomic mass is 9.93. The molecule has 0 saturated carbocycles. The molecule has 2 aromatic carbocycles. The molecule has 0 fully saturated rings. The van der Waals surface area contributed by atoms with Crippen molar-refractivity contribution in [1.29, 1.82) is 0 Å². The van der Waals surface area contributed by atoms with Crippen LogP contribution in [0.3, 0.4) is 0 Å². The number of rotatable bonds is 8. The summed E-state index contributed by atoms with van der Waals surface area (Å²) in [5, 5.41) is 0. The second-order valence-electron chi connectivity index (χ2n) is 6.16. The fraction of sp³-hybridized carbons (Fsp3) is 0.381. The highest BCUT2D eigenvalue weighted by molar-refractivity contribution is 6.04. The van der Waals surface area contributed by atoms with Gasteiger partial charge in [-0.1, -0.05) is 6.07 Å². The molecule has 144 valence electrons. The van der Waals surface area contributed by atoms with Crippen molar-refractivity contribution < 1.29 is 23.7 Å². The first kappa shape index (κ1) is 19.0. The van der Waals surface area contributed by atoms with Crippen molar-refractivity contribution in [3.8, 4) is 23.0 Å². The first-order chi connectivity index (χ1) is 13.2. The van der Waals surface area contributed by atoms with Gasteiger partial charge in [0, 0.05) is 31.4 Å². The molecule has 1 aliphatic rings. The molecule has 6 heteroatoms. The summed E-state index contributed by atoms with van der Waals surface area (Å²) in [6.07, 6.45) is 1.58. The summed E-state index contributed by atoms with van der Waals surface area (Å²) in [6.45, 7) is 0.932. The summed E-state index contributed by atoms with van der Waals surface area (Å²) < 4.78 is 26.9. The number of methoxy groups -OCH3 is 4. The minimum atomic E-state index is 0.167. The van der Waals surface area contributed by atoms with E-state index in [1.807, 2.05) is 30.3 Å². The summed E-state index contributed by atoms with van der Waals surface area (Å²) in [7, 11) is 6.51. The molecule has 6 nitrogen and oxygen atoms in total. The molecule has 0 atom stereocenters. The summed E-state index contributed by atoms with van der Waals surface area (Å²) in [5.41, 5.74) is 4.44. The molecule has 1 aliphatic heterocycles. The molecule has 3 rings (SSSR count). The van der Waals surface area contributed by atoms with E-state index in [1.165, 1.54) is 5.56 Å². The van der Waals surface area contributed by atoms with Crippen LogP contribution in [0.4, 0.5) is 0 Å². The number of benzene rings is 2. The Morgan fingerprint density at radius 3 is 2.30 bits per heavy atom. The zero-order valence-electron chi connectivity index (χ0n) is 16.2. The van der Waals surface area contributed by atoms with Gasteiger partial charge < -0.3 is 23.7 Å². The van der Waals surface area contributed by atoms with Crippen LogP contribution >= 0.6 is 0 Å². The van der Waals surface area contributed by atoms with Gasteiger partial charge in [0.05, 0.1) is 21.3 Å². The third kappa shape index (κ3) is 4.17. The van der Waals surface area contributed by atoms with Crippen molar-refractivity contribution in [3.63, 3.8) is 0 Å². The number of hydrogen-bond donors (Lipinski definition) is 0. The van der Waals surface area contributed by atoms with Crippen LogP contribution in [0.1, 0.15) is 16.7 Å². The van der Waals surface area contributed by atoms with Crippen molar-refractivity contribution >= 4 is 5.71 Å². The Hall–Kier alpha value is -2.73. The van der Waals surface area contributed by atoms with Crippen molar-refractivity contribution in [1.82, 2.24) is 0 Å². The second-order valence-corrected chi connectivity index (χ2v) is 6.16. The van der Waals surface area contributed by atoms with Crippen molar-refractivity contribution in [2.24, 2.45) is 4.99 Å². The summed E-state index contributed by atoms with van der Waals surface area (Å²) in [6, 6.07) is 9.95. The first-order valence-corrected chi connectivity index (χ1v) is 8.77. The number of aliphatic imine (C=N–C) groups is 1. The maximum atomic E-state index is 5.62. The van der Waals surface area contributed by atoms with Gasteiger partial charge in [0.25, 0.3) is 0 Å². The zero-order chi connectivity index (χ0) is 19.2. The van der Waals surface area contributed by atoms with Crippen LogP contribution in [-0.4, -0.2) is 47.5 Å². The van der Waals surface area contributed by atoms with Gasteiger partial charge in [0.15, 0.2) is 29.8 Å². The largest absolute Gasteiger partial charge is 0.493 e. The van der Waals surface area contributed by atoms with Gasteiger partial charge in [-0.25, -0.2) is 0 Å². The summed E-state index contributed by atoms with van der Waals surface area (Å²) >= 11 is 0. The van der Waals surface area contributed by atoms with Crippen LogP contribution in [0.5, 0.6) is 23.0 Å². The van der Waals surface area contributed by atoms with Gasteiger partial charge in [0.1, 0.15) is 0 Å². The highest BCUT2D eigenvalue weighted by atomic mass is 16.7. The predicted molar refractivity (Wildman–Crippen MR) is 104 cm³/mol. The van der Waals surface area contributed by atoms with E-state index in [9.17, 15) is 0 Å². The molecule has 0 amide bonds. The normalized spacial score (nSPS) is 12.8. The van der Waals surface area contributed by atoms with E-state index in [2.05, 4.69) is 0 Å². The minimum Gasteiger partial charge on any atom is -0.493 e. The standard InChI is InChI=1S/C21H25NO5/c1-23-13-27-21-10-14(5-6-18(21)24-2)9-17-16-12-20(26-4)19(25-3)11-15(16)7-8-22-17/h5-6,10-12H,7-9,13H2,1-4H3. The average Bonchev–Trinajstić information content (AvgIpc) is 2.71. The molecule has 0 N–H and O–H groups in total. The fourth-order valence-electron chi connectivity index (χ4n) is 3.20. The van der Waals surface area contributed by atoms with E-state index in [0.717, 1.165) is 35.6 Å². The average molecular weight is 371 g/mol. The molecule has 0 bridgehead atoms. The van der Waals surface area contributed by atoms with Crippen molar-refractivity contribution in [3.05, 3.63) is 47.0 Å². The maximum absolute atomic E-state index is 5.62. The number of hydrogen-bond acceptors (Lipinski definition) is 6. The van der Waals surface area contributed by atoms with E-state index in [-0.39, 0.29) is 6.79 Å². The van der Waals surface area contributed by atoms with Crippen LogP contribution in [0.25, 0.3) is 0 Å².